The molecule has 0 aromatic heterocycles. The zero-order valence-corrected chi connectivity index (χ0v) is 11.2. The fourth-order valence-corrected chi connectivity index (χ4v) is 2.61. The first-order chi connectivity index (χ1) is 9.24. The van der Waals surface area contributed by atoms with E-state index in [0.717, 1.165) is 25.7 Å². The molecule has 2 rings (SSSR count). The highest BCUT2D eigenvalue weighted by Gasteiger charge is 2.23. The highest BCUT2D eigenvalue weighted by atomic mass is 19.1. The molecule has 1 aromatic carbocycles. The number of hydrogen-bond donors (Lipinski definition) is 1. The van der Waals surface area contributed by atoms with Crippen molar-refractivity contribution in [3.05, 3.63) is 24.0 Å². The number of nitrogens with one attached hydrogen (secondary N) is 1. The van der Waals surface area contributed by atoms with Crippen LogP contribution in [-0.4, -0.2) is 13.2 Å². The highest BCUT2D eigenvalue weighted by Crippen LogP contribution is 2.27. The van der Waals surface area contributed by atoms with Crippen molar-refractivity contribution in [3.8, 4) is 11.8 Å². The zero-order valence-electron chi connectivity index (χ0n) is 11.2. The molecule has 1 aromatic rings. The third kappa shape index (κ3) is 3.37. The molecule has 1 N–H and O–H groups in total. The molecule has 1 saturated carbocycles. The summed E-state index contributed by atoms with van der Waals surface area (Å²) in [6.45, 7) is 0. The first-order valence-corrected chi connectivity index (χ1v) is 6.74. The van der Waals surface area contributed by atoms with Crippen molar-refractivity contribution in [2.24, 2.45) is 5.92 Å². The summed E-state index contributed by atoms with van der Waals surface area (Å²) in [7, 11) is 1.45. The minimum absolute atomic E-state index is 0.00710. The fraction of sp³-hybridized carbons (Fsp3) is 0.533. The largest absolute Gasteiger partial charge is 0.494 e. The van der Waals surface area contributed by atoms with E-state index < -0.39 is 0 Å². The molecule has 2 atom stereocenters. The number of nitriles is 1. The van der Waals surface area contributed by atoms with Gasteiger partial charge in [0.25, 0.3) is 0 Å². The quantitative estimate of drug-likeness (QED) is 0.844. The van der Waals surface area contributed by atoms with Gasteiger partial charge in [0.1, 0.15) is 0 Å². The number of anilines is 1. The molecule has 0 bridgehead atoms. The molecule has 0 heterocycles. The van der Waals surface area contributed by atoms with Gasteiger partial charge in [-0.3, -0.25) is 0 Å². The Bertz CT molecular complexity index is 470. The first kappa shape index (κ1) is 13.7. The predicted octanol–water partition coefficient (Wildman–Crippen LogP) is 3.72. The van der Waals surface area contributed by atoms with Crippen LogP contribution in [0.1, 0.15) is 32.1 Å². The summed E-state index contributed by atoms with van der Waals surface area (Å²) in [6.07, 6.45) is 5.29. The molecular formula is C15H19FN2O. The number of benzene rings is 1. The smallest absolute Gasteiger partial charge is 0.167 e. The maximum absolute atomic E-state index is 13.6. The normalized spacial score (nSPS) is 23.2. The molecule has 0 aliphatic heterocycles. The lowest BCUT2D eigenvalue weighted by Crippen LogP contribution is -2.27. The topological polar surface area (TPSA) is 45.0 Å². The van der Waals surface area contributed by atoms with Crippen molar-refractivity contribution in [1.29, 1.82) is 5.26 Å². The van der Waals surface area contributed by atoms with Crippen molar-refractivity contribution >= 4 is 5.69 Å². The van der Waals surface area contributed by atoms with Gasteiger partial charge in [-0.1, -0.05) is 19.3 Å². The summed E-state index contributed by atoms with van der Waals surface area (Å²) in [4.78, 5) is 0. The van der Waals surface area contributed by atoms with Crippen molar-refractivity contribution < 1.29 is 9.13 Å². The van der Waals surface area contributed by atoms with E-state index in [0.29, 0.717) is 5.69 Å². The Morgan fingerprint density at radius 2 is 2.11 bits per heavy atom. The zero-order chi connectivity index (χ0) is 13.7. The van der Waals surface area contributed by atoms with Gasteiger partial charge in [-0.15, -0.1) is 0 Å². The summed E-state index contributed by atoms with van der Waals surface area (Å²) < 4.78 is 18.5. The van der Waals surface area contributed by atoms with Crippen LogP contribution < -0.4 is 10.1 Å². The van der Waals surface area contributed by atoms with E-state index in [1.54, 1.807) is 12.1 Å². The van der Waals surface area contributed by atoms with Crippen molar-refractivity contribution in [1.82, 2.24) is 0 Å². The third-order valence-electron chi connectivity index (χ3n) is 3.69. The number of methoxy groups -OCH3 is 1. The monoisotopic (exact) mass is 262 g/mol. The molecular weight excluding hydrogens is 243 g/mol. The van der Waals surface area contributed by atoms with Gasteiger partial charge in [0.05, 0.1) is 19.1 Å². The third-order valence-corrected chi connectivity index (χ3v) is 3.69. The Kier molecular flexibility index (Phi) is 4.62. The van der Waals surface area contributed by atoms with Gasteiger partial charge >= 0.3 is 0 Å². The molecule has 2 unspecified atom stereocenters. The number of nitrogens with zero attached hydrogens (tertiary/aromatic N) is 1. The Morgan fingerprint density at radius 3 is 2.79 bits per heavy atom. The van der Waals surface area contributed by atoms with Crippen LogP contribution in [0.5, 0.6) is 5.75 Å². The number of halogens is 1. The van der Waals surface area contributed by atoms with E-state index in [4.69, 9.17) is 4.74 Å². The van der Waals surface area contributed by atoms with Gasteiger partial charge in [-0.25, -0.2) is 4.39 Å². The Morgan fingerprint density at radius 1 is 1.32 bits per heavy atom. The van der Waals surface area contributed by atoms with Crippen molar-refractivity contribution in [3.63, 3.8) is 0 Å². The van der Waals surface area contributed by atoms with E-state index >= 15 is 0 Å². The summed E-state index contributed by atoms with van der Waals surface area (Å²) in [5, 5.41) is 12.5. The van der Waals surface area contributed by atoms with Gasteiger partial charge in [-0.05, 0) is 25.0 Å². The molecule has 102 valence electrons. The summed E-state index contributed by atoms with van der Waals surface area (Å²) >= 11 is 0. The molecule has 4 heteroatoms. The number of hydrogen-bond acceptors (Lipinski definition) is 3. The van der Waals surface area contributed by atoms with E-state index in [1.807, 2.05) is 0 Å². The van der Waals surface area contributed by atoms with Crippen molar-refractivity contribution in [2.45, 2.75) is 38.1 Å². The summed E-state index contributed by atoms with van der Waals surface area (Å²) in [6, 6.07) is 7.31. The molecule has 0 radical (unpaired) electrons. The lowest BCUT2D eigenvalue weighted by Gasteiger charge is -2.22. The second-order valence-electron chi connectivity index (χ2n) is 4.97. The van der Waals surface area contributed by atoms with E-state index in [2.05, 4.69) is 11.4 Å². The van der Waals surface area contributed by atoms with Crippen LogP contribution in [0.15, 0.2) is 18.2 Å². The second-order valence-corrected chi connectivity index (χ2v) is 4.97. The summed E-state index contributed by atoms with van der Waals surface area (Å²) in [5.41, 5.74) is 0.713. The van der Waals surface area contributed by atoms with E-state index in [-0.39, 0.29) is 23.5 Å². The van der Waals surface area contributed by atoms with Gasteiger partial charge in [0.2, 0.25) is 0 Å². The highest BCUT2D eigenvalue weighted by molar-refractivity contribution is 5.48. The molecule has 0 amide bonds. The maximum atomic E-state index is 13.6. The number of rotatable bonds is 3. The SMILES string of the molecule is COc1ccc(NC2CCCCCC2C#N)cc1F. The minimum Gasteiger partial charge on any atom is -0.494 e. The summed E-state index contributed by atoms with van der Waals surface area (Å²) in [5.74, 6) is -0.134. The molecule has 1 aliphatic rings. The molecule has 0 spiro atoms. The lowest BCUT2D eigenvalue weighted by atomic mass is 9.96. The lowest BCUT2D eigenvalue weighted by molar-refractivity contribution is 0.386. The van der Waals surface area contributed by atoms with Gasteiger partial charge in [-0.2, -0.15) is 5.26 Å². The average molecular weight is 262 g/mol. The van der Waals surface area contributed by atoms with Gasteiger partial charge in [0.15, 0.2) is 11.6 Å². The molecule has 0 saturated heterocycles. The van der Waals surface area contributed by atoms with Crippen LogP contribution >= 0.6 is 0 Å². The standard InChI is InChI=1S/C15H19FN2O/c1-19-15-8-7-12(9-13(15)16)18-14-6-4-2-3-5-11(14)10-17/h7-9,11,14,18H,2-6H2,1H3. The maximum Gasteiger partial charge on any atom is 0.167 e. The van der Waals surface area contributed by atoms with Crippen LogP contribution in [0.4, 0.5) is 10.1 Å². The van der Waals surface area contributed by atoms with Gasteiger partial charge in [0, 0.05) is 17.8 Å². The van der Waals surface area contributed by atoms with Gasteiger partial charge < -0.3 is 10.1 Å². The molecule has 3 nitrogen and oxygen atoms in total. The Labute approximate surface area is 113 Å². The Balaban J connectivity index is 2.10. The van der Waals surface area contributed by atoms with Crippen molar-refractivity contribution in [2.75, 3.05) is 12.4 Å². The van der Waals surface area contributed by atoms with Crippen LogP contribution in [0.3, 0.4) is 0 Å². The fourth-order valence-electron chi connectivity index (χ4n) is 2.61. The average Bonchev–Trinajstić information content (AvgIpc) is 2.64. The molecule has 1 aliphatic carbocycles. The first-order valence-electron chi connectivity index (χ1n) is 6.74. The number of ether oxygens (including phenoxy) is 1. The van der Waals surface area contributed by atoms with E-state index in [1.165, 1.54) is 19.6 Å². The van der Waals surface area contributed by atoms with Crippen LogP contribution in [0, 0.1) is 23.1 Å². The van der Waals surface area contributed by atoms with Crippen LogP contribution in [-0.2, 0) is 0 Å². The molecule has 19 heavy (non-hydrogen) atoms. The van der Waals surface area contributed by atoms with Crippen LogP contribution in [0.2, 0.25) is 0 Å². The van der Waals surface area contributed by atoms with E-state index in [9.17, 15) is 9.65 Å². The predicted molar refractivity (Wildman–Crippen MR) is 72.6 cm³/mol. The molecule has 1 fully saturated rings. The Hall–Kier alpha value is -1.76. The minimum atomic E-state index is -0.380. The second kappa shape index (κ2) is 6.42. The van der Waals surface area contributed by atoms with Crippen LogP contribution in [0.25, 0.3) is 0 Å².